The molecule has 0 aliphatic heterocycles. The summed E-state index contributed by atoms with van der Waals surface area (Å²) in [6.45, 7) is 3.88. The normalized spacial score (nSPS) is 10.9. The fourth-order valence-electron chi connectivity index (χ4n) is 1.87. The summed E-state index contributed by atoms with van der Waals surface area (Å²) in [6.07, 6.45) is 2.90. The average Bonchev–Trinajstić information content (AvgIpc) is 2.93. The Bertz CT molecular complexity index is 724. The van der Waals surface area contributed by atoms with Gasteiger partial charge in [0.2, 0.25) is 5.91 Å². The Hall–Kier alpha value is -2.34. The number of nitrogens with zero attached hydrogens (tertiary/aromatic N) is 2. The third kappa shape index (κ3) is 3.85. The SMILES string of the molecule is CCN(C(C)=O)c1nc(/C=C/C(=O)c2cccc(F)c2)cs1. The highest BCUT2D eigenvalue weighted by molar-refractivity contribution is 7.14. The zero-order valence-electron chi connectivity index (χ0n) is 12.2. The second kappa shape index (κ2) is 7.09. The summed E-state index contributed by atoms with van der Waals surface area (Å²) >= 11 is 1.33. The van der Waals surface area contributed by atoms with Crippen molar-refractivity contribution in [2.45, 2.75) is 13.8 Å². The van der Waals surface area contributed by atoms with Gasteiger partial charge in [0, 0.05) is 24.4 Å². The summed E-state index contributed by atoms with van der Waals surface area (Å²) in [7, 11) is 0. The zero-order chi connectivity index (χ0) is 16.1. The molecule has 1 heterocycles. The van der Waals surface area contributed by atoms with Crippen molar-refractivity contribution in [1.82, 2.24) is 4.98 Å². The number of hydrogen-bond donors (Lipinski definition) is 0. The number of benzene rings is 1. The van der Waals surface area contributed by atoms with Gasteiger partial charge in [-0.2, -0.15) is 0 Å². The van der Waals surface area contributed by atoms with Crippen LogP contribution in [0.4, 0.5) is 9.52 Å². The third-order valence-corrected chi connectivity index (χ3v) is 3.83. The van der Waals surface area contributed by atoms with Crippen molar-refractivity contribution >= 4 is 34.2 Å². The molecule has 2 rings (SSSR count). The number of anilines is 1. The smallest absolute Gasteiger partial charge is 0.225 e. The molecule has 22 heavy (non-hydrogen) atoms. The van der Waals surface area contributed by atoms with Crippen molar-refractivity contribution < 1.29 is 14.0 Å². The number of carbonyl (C=O) groups is 2. The highest BCUT2D eigenvalue weighted by Crippen LogP contribution is 2.21. The highest BCUT2D eigenvalue weighted by atomic mass is 32.1. The van der Waals surface area contributed by atoms with E-state index in [0.717, 1.165) is 0 Å². The lowest BCUT2D eigenvalue weighted by molar-refractivity contribution is -0.116. The Kier molecular flexibility index (Phi) is 5.16. The number of hydrogen-bond acceptors (Lipinski definition) is 4. The first-order valence-electron chi connectivity index (χ1n) is 6.73. The molecule has 1 aromatic carbocycles. The number of ketones is 1. The lowest BCUT2D eigenvalue weighted by atomic mass is 10.1. The summed E-state index contributed by atoms with van der Waals surface area (Å²) in [4.78, 5) is 29.2. The molecule has 0 aliphatic rings. The molecule has 4 nitrogen and oxygen atoms in total. The van der Waals surface area contributed by atoms with Crippen LogP contribution in [0.25, 0.3) is 6.08 Å². The van der Waals surface area contributed by atoms with Crippen molar-refractivity contribution in [2.75, 3.05) is 11.4 Å². The molecule has 114 valence electrons. The molecule has 6 heteroatoms. The molecule has 2 aromatic rings. The maximum absolute atomic E-state index is 13.1. The standard InChI is InChI=1S/C16H15FN2O2S/c1-3-19(11(2)20)16-18-14(10-22-16)7-8-15(21)12-5-4-6-13(17)9-12/h4-10H,3H2,1-2H3/b8-7+. The molecule has 0 fully saturated rings. The highest BCUT2D eigenvalue weighted by Gasteiger charge is 2.12. The lowest BCUT2D eigenvalue weighted by Crippen LogP contribution is -2.27. The van der Waals surface area contributed by atoms with E-state index < -0.39 is 5.82 Å². The molecular weight excluding hydrogens is 303 g/mol. The van der Waals surface area contributed by atoms with E-state index in [1.54, 1.807) is 22.4 Å². The molecule has 0 bridgehead atoms. The minimum Gasteiger partial charge on any atom is -0.289 e. The predicted octanol–water partition coefficient (Wildman–Crippen LogP) is 3.55. The van der Waals surface area contributed by atoms with Crippen molar-refractivity contribution in [3.63, 3.8) is 0 Å². The molecule has 0 N–H and O–H groups in total. The van der Waals surface area contributed by atoms with Crippen LogP contribution in [0.3, 0.4) is 0 Å². The van der Waals surface area contributed by atoms with Crippen molar-refractivity contribution in [1.29, 1.82) is 0 Å². The van der Waals surface area contributed by atoms with Crippen LogP contribution >= 0.6 is 11.3 Å². The van der Waals surface area contributed by atoms with Gasteiger partial charge in [0.15, 0.2) is 10.9 Å². The summed E-state index contributed by atoms with van der Waals surface area (Å²) < 4.78 is 13.1. The van der Waals surface area contributed by atoms with E-state index in [9.17, 15) is 14.0 Å². The van der Waals surface area contributed by atoms with E-state index in [1.165, 1.54) is 42.5 Å². The van der Waals surface area contributed by atoms with Gasteiger partial charge in [-0.15, -0.1) is 11.3 Å². The van der Waals surface area contributed by atoms with Crippen LogP contribution in [0.2, 0.25) is 0 Å². The molecule has 0 unspecified atom stereocenters. The molecule has 0 atom stereocenters. The van der Waals surface area contributed by atoms with Gasteiger partial charge in [-0.3, -0.25) is 14.5 Å². The van der Waals surface area contributed by atoms with E-state index in [0.29, 0.717) is 17.4 Å². The first-order chi connectivity index (χ1) is 10.5. The van der Waals surface area contributed by atoms with E-state index in [4.69, 9.17) is 0 Å². The molecular formula is C16H15FN2O2S. The first-order valence-corrected chi connectivity index (χ1v) is 7.61. The Morgan fingerprint density at radius 1 is 1.41 bits per heavy atom. The number of amides is 1. The van der Waals surface area contributed by atoms with Gasteiger partial charge in [-0.05, 0) is 31.2 Å². The van der Waals surface area contributed by atoms with Crippen LogP contribution in [0.1, 0.15) is 29.9 Å². The Morgan fingerprint density at radius 3 is 2.82 bits per heavy atom. The molecule has 0 saturated carbocycles. The number of allylic oxidation sites excluding steroid dienone is 1. The summed E-state index contributed by atoms with van der Waals surface area (Å²) in [5.74, 6) is -0.827. The van der Waals surface area contributed by atoms with Crippen LogP contribution in [0.15, 0.2) is 35.7 Å². The van der Waals surface area contributed by atoms with E-state index in [-0.39, 0.29) is 17.3 Å². The Labute approximate surface area is 131 Å². The van der Waals surface area contributed by atoms with Crippen molar-refractivity contribution in [3.8, 4) is 0 Å². The van der Waals surface area contributed by atoms with Crippen molar-refractivity contribution in [2.24, 2.45) is 0 Å². The molecule has 0 radical (unpaired) electrons. The first kappa shape index (κ1) is 16.0. The Balaban J connectivity index is 2.12. The number of thiazole rings is 1. The van der Waals surface area contributed by atoms with Crippen LogP contribution in [0, 0.1) is 5.82 Å². The summed E-state index contributed by atoms with van der Waals surface area (Å²) in [6, 6.07) is 5.52. The van der Waals surface area contributed by atoms with E-state index in [2.05, 4.69) is 4.98 Å². The predicted molar refractivity (Wildman–Crippen MR) is 85.6 cm³/mol. The van der Waals surface area contributed by atoms with E-state index in [1.807, 2.05) is 6.92 Å². The number of rotatable bonds is 5. The topological polar surface area (TPSA) is 50.3 Å². The average molecular weight is 318 g/mol. The van der Waals surface area contributed by atoms with E-state index >= 15 is 0 Å². The van der Waals surface area contributed by atoms with Gasteiger partial charge in [-0.1, -0.05) is 12.1 Å². The maximum Gasteiger partial charge on any atom is 0.225 e. The van der Waals surface area contributed by atoms with Gasteiger partial charge in [-0.25, -0.2) is 9.37 Å². The molecule has 1 amide bonds. The second-order valence-corrected chi connectivity index (χ2v) is 5.36. The Morgan fingerprint density at radius 2 is 2.18 bits per heavy atom. The largest absolute Gasteiger partial charge is 0.289 e. The van der Waals surface area contributed by atoms with Gasteiger partial charge in [0.1, 0.15) is 5.82 Å². The van der Waals surface area contributed by atoms with Gasteiger partial charge in [0.25, 0.3) is 0 Å². The molecule has 0 saturated heterocycles. The second-order valence-electron chi connectivity index (χ2n) is 4.53. The van der Waals surface area contributed by atoms with Gasteiger partial charge in [0.05, 0.1) is 5.69 Å². The minimum atomic E-state index is -0.449. The van der Waals surface area contributed by atoms with Crippen LogP contribution in [0.5, 0.6) is 0 Å². The monoisotopic (exact) mass is 318 g/mol. The minimum absolute atomic E-state index is 0.0804. The molecule has 1 aromatic heterocycles. The fraction of sp³-hybridized carbons (Fsp3) is 0.188. The van der Waals surface area contributed by atoms with Gasteiger partial charge >= 0.3 is 0 Å². The zero-order valence-corrected chi connectivity index (χ0v) is 13.1. The molecule has 0 aliphatic carbocycles. The van der Waals surface area contributed by atoms with Gasteiger partial charge < -0.3 is 0 Å². The quantitative estimate of drug-likeness (QED) is 0.626. The number of halogens is 1. The lowest BCUT2D eigenvalue weighted by Gasteiger charge is -2.14. The fourth-order valence-corrected chi connectivity index (χ4v) is 2.77. The summed E-state index contributed by atoms with van der Waals surface area (Å²) in [5, 5.41) is 2.35. The molecule has 0 spiro atoms. The van der Waals surface area contributed by atoms with Crippen molar-refractivity contribution in [3.05, 3.63) is 52.8 Å². The summed E-state index contributed by atoms with van der Waals surface area (Å²) in [5.41, 5.74) is 0.870. The third-order valence-electron chi connectivity index (χ3n) is 2.95. The maximum atomic E-state index is 13.1. The van der Waals surface area contributed by atoms with Crippen LogP contribution < -0.4 is 4.90 Å². The van der Waals surface area contributed by atoms with Crippen LogP contribution in [-0.4, -0.2) is 23.2 Å². The number of aromatic nitrogens is 1. The number of carbonyl (C=O) groups excluding carboxylic acids is 2. The van der Waals surface area contributed by atoms with Crippen LogP contribution in [-0.2, 0) is 4.79 Å².